The van der Waals surface area contributed by atoms with Crippen LogP contribution in [0.3, 0.4) is 0 Å². The van der Waals surface area contributed by atoms with E-state index in [9.17, 15) is 0 Å². The molecule has 1 aromatic carbocycles. The molecule has 0 bridgehead atoms. The molecule has 0 amide bonds. The lowest BCUT2D eigenvalue weighted by Gasteiger charge is -2.16. The van der Waals surface area contributed by atoms with Gasteiger partial charge in [0.05, 0.1) is 7.11 Å². The molecule has 88 valence electrons. The van der Waals surface area contributed by atoms with Gasteiger partial charge in [-0.2, -0.15) is 0 Å². The molecule has 1 heterocycles. The molecule has 0 radical (unpaired) electrons. The largest absolute Gasteiger partial charge is 0.496 e. The van der Waals surface area contributed by atoms with Crippen molar-refractivity contribution >= 4 is 0 Å². The van der Waals surface area contributed by atoms with Crippen LogP contribution in [0.2, 0.25) is 0 Å². The average Bonchev–Trinajstić information content (AvgIpc) is 2.67. The molecule has 2 heteroatoms. The Bertz CT molecular complexity index is 387. The highest BCUT2D eigenvalue weighted by Crippen LogP contribution is 2.32. The Balaban J connectivity index is 2.31. The molecule has 0 spiro atoms. The molecular weight excluding hydrogens is 198 g/mol. The Morgan fingerprint density at radius 3 is 2.56 bits per heavy atom. The standard InChI is InChI=1S/C14H21NO/c1-9-5-13(15-8-9)12-6-11(3)14(16-4)7-10(12)2/h6-7,9,13,15H,5,8H2,1-4H3/t9-,13+/m0/s1. The molecule has 1 saturated heterocycles. The number of nitrogens with one attached hydrogen (secondary N) is 1. The van der Waals surface area contributed by atoms with E-state index in [1.165, 1.54) is 23.1 Å². The van der Waals surface area contributed by atoms with E-state index in [0.717, 1.165) is 18.2 Å². The number of aryl methyl sites for hydroxylation is 2. The van der Waals surface area contributed by atoms with Gasteiger partial charge in [-0.15, -0.1) is 0 Å². The number of rotatable bonds is 2. The van der Waals surface area contributed by atoms with E-state index in [4.69, 9.17) is 4.74 Å². The SMILES string of the molecule is COc1cc(C)c([C@H]2C[C@H](C)CN2)cc1C. The summed E-state index contributed by atoms with van der Waals surface area (Å²) in [6.45, 7) is 7.72. The summed E-state index contributed by atoms with van der Waals surface area (Å²) >= 11 is 0. The van der Waals surface area contributed by atoms with Crippen LogP contribution in [0.25, 0.3) is 0 Å². The van der Waals surface area contributed by atoms with Gasteiger partial charge >= 0.3 is 0 Å². The summed E-state index contributed by atoms with van der Waals surface area (Å²) in [5.74, 6) is 1.78. The Labute approximate surface area is 98.0 Å². The van der Waals surface area contributed by atoms with Crippen LogP contribution in [0.5, 0.6) is 5.75 Å². The van der Waals surface area contributed by atoms with Crippen LogP contribution in [0, 0.1) is 19.8 Å². The second-order valence-corrected chi connectivity index (χ2v) is 4.98. The zero-order valence-corrected chi connectivity index (χ0v) is 10.6. The van der Waals surface area contributed by atoms with Crippen LogP contribution >= 0.6 is 0 Å². The minimum Gasteiger partial charge on any atom is -0.496 e. The molecule has 2 rings (SSSR count). The third-order valence-corrected chi connectivity index (χ3v) is 3.51. The lowest BCUT2D eigenvalue weighted by molar-refractivity contribution is 0.411. The molecular formula is C14H21NO. The maximum Gasteiger partial charge on any atom is 0.122 e. The highest BCUT2D eigenvalue weighted by molar-refractivity contribution is 5.43. The molecule has 1 aliphatic rings. The van der Waals surface area contributed by atoms with E-state index in [1.54, 1.807) is 7.11 Å². The van der Waals surface area contributed by atoms with Gasteiger partial charge in [0.25, 0.3) is 0 Å². The molecule has 16 heavy (non-hydrogen) atoms. The summed E-state index contributed by atoms with van der Waals surface area (Å²) in [4.78, 5) is 0. The number of methoxy groups -OCH3 is 1. The molecule has 1 aliphatic heterocycles. The second kappa shape index (κ2) is 4.46. The third kappa shape index (κ3) is 2.07. The van der Waals surface area contributed by atoms with E-state index in [2.05, 4.69) is 38.2 Å². The summed E-state index contributed by atoms with van der Waals surface area (Å²) < 4.78 is 5.34. The first kappa shape index (κ1) is 11.5. The molecule has 1 N–H and O–H groups in total. The van der Waals surface area contributed by atoms with Crippen molar-refractivity contribution in [1.29, 1.82) is 0 Å². The van der Waals surface area contributed by atoms with Gasteiger partial charge < -0.3 is 10.1 Å². The smallest absolute Gasteiger partial charge is 0.122 e. The van der Waals surface area contributed by atoms with Crippen molar-refractivity contribution in [2.45, 2.75) is 33.2 Å². The summed E-state index contributed by atoms with van der Waals surface area (Å²) in [5, 5.41) is 3.59. The molecule has 0 saturated carbocycles. The fraction of sp³-hybridized carbons (Fsp3) is 0.571. The van der Waals surface area contributed by atoms with Gasteiger partial charge in [0.2, 0.25) is 0 Å². The van der Waals surface area contributed by atoms with E-state index in [-0.39, 0.29) is 0 Å². The maximum absolute atomic E-state index is 5.34. The molecule has 0 aliphatic carbocycles. The van der Waals surface area contributed by atoms with Gasteiger partial charge in [-0.05, 0) is 55.5 Å². The fourth-order valence-corrected chi connectivity index (χ4v) is 2.56. The zero-order valence-electron chi connectivity index (χ0n) is 10.6. The van der Waals surface area contributed by atoms with Crippen LogP contribution in [-0.4, -0.2) is 13.7 Å². The van der Waals surface area contributed by atoms with Crippen molar-refractivity contribution in [3.05, 3.63) is 28.8 Å². The summed E-state index contributed by atoms with van der Waals surface area (Å²) in [6, 6.07) is 4.94. The first-order valence-electron chi connectivity index (χ1n) is 6.00. The van der Waals surface area contributed by atoms with Gasteiger partial charge in [-0.1, -0.05) is 13.0 Å². The van der Waals surface area contributed by atoms with Crippen molar-refractivity contribution in [1.82, 2.24) is 5.32 Å². The van der Waals surface area contributed by atoms with Crippen molar-refractivity contribution in [3.63, 3.8) is 0 Å². The van der Waals surface area contributed by atoms with Crippen LogP contribution in [0.15, 0.2) is 12.1 Å². The number of benzene rings is 1. The number of hydrogen-bond donors (Lipinski definition) is 1. The van der Waals surface area contributed by atoms with Crippen molar-refractivity contribution in [2.75, 3.05) is 13.7 Å². The van der Waals surface area contributed by atoms with Gasteiger partial charge in [0.15, 0.2) is 0 Å². The van der Waals surface area contributed by atoms with Crippen LogP contribution in [-0.2, 0) is 0 Å². The minimum atomic E-state index is 0.527. The van der Waals surface area contributed by atoms with Crippen molar-refractivity contribution in [2.24, 2.45) is 5.92 Å². The van der Waals surface area contributed by atoms with Gasteiger partial charge in [-0.3, -0.25) is 0 Å². The van der Waals surface area contributed by atoms with Crippen molar-refractivity contribution in [3.8, 4) is 5.75 Å². The van der Waals surface area contributed by atoms with Crippen LogP contribution in [0.4, 0.5) is 0 Å². The lowest BCUT2D eigenvalue weighted by atomic mass is 9.95. The fourth-order valence-electron chi connectivity index (χ4n) is 2.56. The highest BCUT2D eigenvalue weighted by atomic mass is 16.5. The first-order chi connectivity index (χ1) is 7.61. The molecule has 0 unspecified atom stereocenters. The quantitative estimate of drug-likeness (QED) is 0.825. The molecule has 2 atom stereocenters. The normalized spacial score (nSPS) is 24.8. The van der Waals surface area contributed by atoms with E-state index >= 15 is 0 Å². The Morgan fingerprint density at radius 1 is 1.25 bits per heavy atom. The van der Waals surface area contributed by atoms with Crippen LogP contribution < -0.4 is 10.1 Å². The Kier molecular flexibility index (Phi) is 3.20. The Hall–Kier alpha value is -1.02. The highest BCUT2D eigenvalue weighted by Gasteiger charge is 2.23. The Morgan fingerprint density at radius 2 is 2.00 bits per heavy atom. The molecule has 1 fully saturated rings. The van der Waals surface area contributed by atoms with E-state index in [1.807, 2.05) is 0 Å². The molecule has 1 aromatic rings. The lowest BCUT2D eigenvalue weighted by Crippen LogP contribution is -2.14. The van der Waals surface area contributed by atoms with Crippen molar-refractivity contribution < 1.29 is 4.74 Å². The molecule has 2 nitrogen and oxygen atoms in total. The average molecular weight is 219 g/mol. The van der Waals surface area contributed by atoms with E-state index < -0.39 is 0 Å². The molecule has 0 aromatic heterocycles. The summed E-state index contributed by atoms with van der Waals surface area (Å²) in [6.07, 6.45) is 1.24. The minimum absolute atomic E-state index is 0.527. The van der Waals surface area contributed by atoms with E-state index in [0.29, 0.717) is 6.04 Å². The van der Waals surface area contributed by atoms with Gasteiger partial charge in [0.1, 0.15) is 5.75 Å². The van der Waals surface area contributed by atoms with Gasteiger partial charge in [0, 0.05) is 6.04 Å². The zero-order chi connectivity index (χ0) is 11.7. The monoisotopic (exact) mass is 219 g/mol. The number of ether oxygens (including phenoxy) is 1. The topological polar surface area (TPSA) is 21.3 Å². The first-order valence-corrected chi connectivity index (χ1v) is 6.00. The summed E-state index contributed by atoms with van der Waals surface area (Å²) in [5.41, 5.74) is 3.99. The third-order valence-electron chi connectivity index (χ3n) is 3.51. The predicted molar refractivity (Wildman–Crippen MR) is 67.0 cm³/mol. The summed E-state index contributed by atoms with van der Waals surface area (Å²) in [7, 11) is 1.73. The van der Waals surface area contributed by atoms with Gasteiger partial charge in [-0.25, -0.2) is 0 Å². The second-order valence-electron chi connectivity index (χ2n) is 4.98. The maximum atomic E-state index is 5.34. The predicted octanol–water partition coefficient (Wildman–Crippen LogP) is 2.98. The van der Waals surface area contributed by atoms with Crippen LogP contribution in [0.1, 0.15) is 36.1 Å². The number of hydrogen-bond acceptors (Lipinski definition) is 2.